The molecule has 0 fully saturated rings. The Bertz CT molecular complexity index is 641. The van der Waals surface area contributed by atoms with E-state index in [1.165, 1.54) is 18.1 Å². The topological polar surface area (TPSA) is 97.5 Å². The normalized spacial score (nSPS) is 10.4. The SMILES string of the molecule is COCCN(CC(=O)O)C(=O)c1cnn(-c2ccccc2)n1. The van der Waals surface area contributed by atoms with Crippen LogP contribution in [-0.2, 0) is 9.53 Å². The molecule has 0 aliphatic heterocycles. The number of carbonyl (C=O) groups is 2. The molecule has 0 unspecified atom stereocenters. The monoisotopic (exact) mass is 304 g/mol. The molecule has 8 heteroatoms. The Morgan fingerprint density at radius 1 is 1.32 bits per heavy atom. The van der Waals surface area contributed by atoms with E-state index >= 15 is 0 Å². The molecule has 0 saturated heterocycles. The zero-order valence-corrected chi connectivity index (χ0v) is 12.0. The number of aromatic nitrogens is 3. The zero-order chi connectivity index (χ0) is 15.9. The molecule has 1 amide bonds. The number of benzene rings is 1. The Labute approximate surface area is 126 Å². The summed E-state index contributed by atoms with van der Waals surface area (Å²) in [6.45, 7) is -0.00787. The van der Waals surface area contributed by atoms with Gasteiger partial charge in [0.25, 0.3) is 5.91 Å². The number of hydrogen-bond acceptors (Lipinski definition) is 5. The fourth-order valence-electron chi connectivity index (χ4n) is 1.83. The van der Waals surface area contributed by atoms with Crippen LogP contribution >= 0.6 is 0 Å². The van der Waals surface area contributed by atoms with E-state index in [4.69, 9.17) is 9.84 Å². The fraction of sp³-hybridized carbons (Fsp3) is 0.286. The lowest BCUT2D eigenvalue weighted by atomic mass is 10.3. The van der Waals surface area contributed by atoms with Gasteiger partial charge in [-0.15, -0.1) is 5.10 Å². The number of carboxylic acids is 1. The maximum atomic E-state index is 12.3. The molecule has 0 saturated carbocycles. The minimum atomic E-state index is -1.10. The van der Waals surface area contributed by atoms with Crippen LogP contribution in [0.2, 0.25) is 0 Å². The van der Waals surface area contributed by atoms with Crippen LogP contribution in [0.3, 0.4) is 0 Å². The van der Waals surface area contributed by atoms with Crippen molar-refractivity contribution in [3.63, 3.8) is 0 Å². The maximum Gasteiger partial charge on any atom is 0.323 e. The molecule has 0 radical (unpaired) electrons. The predicted molar refractivity (Wildman–Crippen MR) is 76.8 cm³/mol. The summed E-state index contributed by atoms with van der Waals surface area (Å²) in [5.41, 5.74) is 0.796. The third-order valence-corrected chi connectivity index (χ3v) is 2.88. The van der Waals surface area contributed by atoms with Crippen molar-refractivity contribution < 1.29 is 19.4 Å². The second-order valence-electron chi connectivity index (χ2n) is 4.47. The molecule has 1 heterocycles. The average Bonchev–Trinajstić information content (AvgIpc) is 3.01. The fourth-order valence-corrected chi connectivity index (χ4v) is 1.83. The van der Waals surface area contributed by atoms with Gasteiger partial charge in [-0.05, 0) is 12.1 Å². The van der Waals surface area contributed by atoms with Gasteiger partial charge in [0, 0.05) is 13.7 Å². The lowest BCUT2D eigenvalue weighted by molar-refractivity contribution is -0.137. The highest BCUT2D eigenvalue weighted by atomic mass is 16.5. The van der Waals surface area contributed by atoms with Crippen molar-refractivity contribution in [2.24, 2.45) is 0 Å². The van der Waals surface area contributed by atoms with E-state index in [0.717, 1.165) is 4.90 Å². The Morgan fingerprint density at radius 2 is 2.05 bits per heavy atom. The summed E-state index contributed by atoms with van der Waals surface area (Å²) in [6.07, 6.45) is 1.32. The second-order valence-corrected chi connectivity index (χ2v) is 4.47. The molecule has 22 heavy (non-hydrogen) atoms. The third-order valence-electron chi connectivity index (χ3n) is 2.88. The van der Waals surface area contributed by atoms with E-state index in [-0.39, 0.29) is 18.8 Å². The molecule has 1 N–H and O–H groups in total. The first-order chi connectivity index (χ1) is 10.6. The summed E-state index contributed by atoms with van der Waals surface area (Å²) in [7, 11) is 1.48. The molecule has 116 valence electrons. The lowest BCUT2D eigenvalue weighted by Crippen LogP contribution is -2.38. The van der Waals surface area contributed by atoms with Gasteiger partial charge in [-0.1, -0.05) is 18.2 Å². The highest BCUT2D eigenvalue weighted by Gasteiger charge is 2.21. The molecule has 1 aromatic carbocycles. The Kier molecular flexibility index (Phi) is 5.21. The average molecular weight is 304 g/mol. The number of carbonyl (C=O) groups excluding carboxylic acids is 1. The number of carboxylic acid groups (broad SMARTS) is 1. The molecule has 2 rings (SSSR count). The first-order valence-electron chi connectivity index (χ1n) is 6.59. The standard InChI is InChI=1S/C14H16N4O4/c1-22-8-7-17(10-13(19)20)14(21)12-9-15-18(16-12)11-5-3-2-4-6-11/h2-6,9H,7-8,10H2,1H3,(H,19,20). The summed E-state index contributed by atoms with van der Waals surface area (Å²) in [4.78, 5) is 25.7. The number of nitrogens with zero attached hydrogens (tertiary/aromatic N) is 4. The van der Waals surface area contributed by atoms with Gasteiger partial charge in [0.2, 0.25) is 0 Å². The number of amides is 1. The van der Waals surface area contributed by atoms with Gasteiger partial charge in [0.1, 0.15) is 6.54 Å². The van der Waals surface area contributed by atoms with Gasteiger partial charge in [-0.3, -0.25) is 9.59 Å². The highest BCUT2D eigenvalue weighted by Crippen LogP contribution is 2.06. The summed E-state index contributed by atoms with van der Waals surface area (Å²) >= 11 is 0. The van der Waals surface area contributed by atoms with E-state index in [9.17, 15) is 9.59 Å². The van der Waals surface area contributed by atoms with Crippen molar-refractivity contribution in [1.29, 1.82) is 0 Å². The van der Waals surface area contributed by atoms with Crippen molar-refractivity contribution in [2.45, 2.75) is 0 Å². The van der Waals surface area contributed by atoms with Crippen LogP contribution in [0.4, 0.5) is 0 Å². The Morgan fingerprint density at radius 3 is 2.68 bits per heavy atom. The van der Waals surface area contributed by atoms with Crippen molar-refractivity contribution in [2.75, 3.05) is 26.8 Å². The maximum absolute atomic E-state index is 12.3. The molecule has 0 atom stereocenters. The number of aliphatic carboxylic acids is 1. The van der Waals surface area contributed by atoms with Crippen LogP contribution in [0.5, 0.6) is 0 Å². The van der Waals surface area contributed by atoms with Gasteiger partial charge in [0.05, 0.1) is 18.5 Å². The van der Waals surface area contributed by atoms with E-state index in [2.05, 4.69) is 10.2 Å². The predicted octanol–water partition coefficient (Wildman–Crippen LogP) is 0.440. The summed E-state index contributed by atoms with van der Waals surface area (Å²) in [6, 6.07) is 9.12. The molecule has 0 bridgehead atoms. The number of para-hydroxylation sites is 1. The van der Waals surface area contributed by atoms with Crippen LogP contribution in [0.15, 0.2) is 36.5 Å². The number of methoxy groups -OCH3 is 1. The van der Waals surface area contributed by atoms with E-state index < -0.39 is 18.4 Å². The van der Waals surface area contributed by atoms with Crippen LogP contribution in [0.25, 0.3) is 5.69 Å². The minimum absolute atomic E-state index is 0.0845. The summed E-state index contributed by atoms with van der Waals surface area (Å²) in [5, 5.41) is 17.0. The largest absolute Gasteiger partial charge is 0.480 e. The third kappa shape index (κ3) is 3.89. The van der Waals surface area contributed by atoms with Crippen LogP contribution in [0.1, 0.15) is 10.5 Å². The molecular formula is C14H16N4O4. The molecule has 0 aliphatic carbocycles. The van der Waals surface area contributed by atoms with Gasteiger partial charge >= 0.3 is 5.97 Å². The Hall–Kier alpha value is -2.74. The molecule has 2 aromatic rings. The van der Waals surface area contributed by atoms with Crippen molar-refractivity contribution >= 4 is 11.9 Å². The summed E-state index contributed by atoms with van der Waals surface area (Å²) in [5.74, 6) is -1.60. The molecule has 8 nitrogen and oxygen atoms in total. The number of ether oxygens (including phenoxy) is 1. The van der Waals surface area contributed by atoms with Crippen molar-refractivity contribution in [1.82, 2.24) is 19.9 Å². The van der Waals surface area contributed by atoms with Crippen molar-refractivity contribution in [3.05, 3.63) is 42.2 Å². The first-order valence-corrected chi connectivity index (χ1v) is 6.59. The molecule has 1 aromatic heterocycles. The smallest absolute Gasteiger partial charge is 0.323 e. The molecule has 0 aliphatic rings. The molecule has 0 spiro atoms. The quantitative estimate of drug-likeness (QED) is 0.797. The van der Waals surface area contributed by atoms with Gasteiger partial charge in [0.15, 0.2) is 5.69 Å². The minimum Gasteiger partial charge on any atom is -0.480 e. The molecular weight excluding hydrogens is 288 g/mol. The highest BCUT2D eigenvalue weighted by molar-refractivity contribution is 5.93. The van der Waals surface area contributed by atoms with Crippen molar-refractivity contribution in [3.8, 4) is 5.69 Å². The first kappa shape index (κ1) is 15.6. The van der Waals surface area contributed by atoms with Crippen LogP contribution in [0, 0.1) is 0 Å². The number of hydrogen-bond donors (Lipinski definition) is 1. The Balaban J connectivity index is 2.16. The van der Waals surface area contributed by atoms with E-state index in [1.807, 2.05) is 18.2 Å². The lowest BCUT2D eigenvalue weighted by Gasteiger charge is -2.18. The second kappa shape index (κ2) is 7.32. The number of rotatable bonds is 7. The van der Waals surface area contributed by atoms with Gasteiger partial charge < -0.3 is 14.7 Å². The van der Waals surface area contributed by atoms with E-state index in [1.54, 1.807) is 12.1 Å². The van der Waals surface area contributed by atoms with E-state index in [0.29, 0.717) is 5.69 Å². The zero-order valence-electron chi connectivity index (χ0n) is 12.0. The van der Waals surface area contributed by atoms with Gasteiger partial charge in [-0.2, -0.15) is 9.90 Å². The summed E-state index contributed by atoms with van der Waals surface area (Å²) < 4.78 is 4.89. The van der Waals surface area contributed by atoms with Crippen LogP contribution in [-0.4, -0.2) is 63.7 Å². The van der Waals surface area contributed by atoms with Crippen LogP contribution < -0.4 is 0 Å². The van der Waals surface area contributed by atoms with Gasteiger partial charge in [-0.25, -0.2) is 0 Å².